The monoisotopic (exact) mass is 439 g/mol. The number of ether oxygens (including phenoxy) is 1. The van der Waals surface area contributed by atoms with Gasteiger partial charge in [-0.3, -0.25) is 4.79 Å². The van der Waals surface area contributed by atoms with Gasteiger partial charge in [0.2, 0.25) is 11.5 Å². The number of hydrogen-bond donors (Lipinski definition) is 1. The summed E-state index contributed by atoms with van der Waals surface area (Å²) < 4.78 is 7.98. The van der Waals surface area contributed by atoms with Crippen molar-refractivity contribution in [3.05, 3.63) is 93.9 Å². The van der Waals surface area contributed by atoms with Crippen molar-refractivity contribution >= 4 is 22.9 Å². The van der Waals surface area contributed by atoms with Crippen LogP contribution in [0.4, 0.5) is 11.4 Å². The number of Topliss-reactive ketones (excluding diaryl/α,β-unsaturated/α-hetero) is 1. The number of para-hydroxylation sites is 2. The van der Waals surface area contributed by atoms with Crippen molar-refractivity contribution in [2.75, 3.05) is 19.5 Å². The predicted octanol–water partition coefficient (Wildman–Crippen LogP) is 5.78. The molecule has 3 aliphatic rings. The topological polar surface area (TPSA) is 41.3 Å². The normalized spacial score (nSPS) is 22.8. The minimum absolute atomic E-state index is 0.0399. The molecule has 0 aromatic heterocycles. The number of nitrogens with zero attached hydrogens (tertiary/aromatic N) is 1. The number of allylic oxidation sites excluding steroid dienone is 5. The lowest BCUT2D eigenvalue weighted by Gasteiger charge is -2.29. The molecule has 0 amide bonds. The highest BCUT2D eigenvalue weighted by Crippen LogP contribution is 2.48. The van der Waals surface area contributed by atoms with Crippen LogP contribution >= 0.6 is 0 Å². The van der Waals surface area contributed by atoms with Gasteiger partial charge in [0.1, 0.15) is 12.8 Å². The van der Waals surface area contributed by atoms with E-state index in [1.54, 1.807) is 7.11 Å². The molecule has 0 saturated carbocycles. The van der Waals surface area contributed by atoms with Gasteiger partial charge in [-0.1, -0.05) is 50.2 Å². The van der Waals surface area contributed by atoms with E-state index in [-0.39, 0.29) is 16.6 Å². The Morgan fingerprint density at radius 3 is 2.24 bits per heavy atom. The molecule has 2 aromatic rings. The fourth-order valence-corrected chi connectivity index (χ4v) is 5.74. The highest BCUT2D eigenvalue weighted by atomic mass is 16.5. The molecule has 33 heavy (non-hydrogen) atoms. The third-order valence-corrected chi connectivity index (χ3v) is 7.60. The van der Waals surface area contributed by atoms with Crippen LogP contribution in [0.15, 0.2) is 82.8 Å². The molecule has 1 N–H and O–H groups in total. The summed E-state index contributed by atoms with van der Waals surface area (Å²) in [4.78, 5) is 13.5. The minimum atomic E-state index is -0.212. The molecule has 0 spiro atoms. The fraction of sp³-hybridized carbons (Fsp3) is 0.310. The Morgan fingerprint density at radius 1 is 0.970 bits per heavy atom. The summed E-state index contributed by atoms with van der Waals surface area (Å²) in [6, 6.07) is 16.7. The smallest absolute Gasteiger partial charge is 0.209 e. The zero-order valence-electron chi connectivity index (χ0n) is 20.5. The highest BCUT2D eigenvalue weighted by molar-refractivity contribution is 6.25. The first-order valence-electron chi connectivity index (χ1n) is 11.4. The van der Waals surface area contributed by atoms with Crippen LogP contribution in [0.3, 0.4) is 0 Å². The van der Waals surface area contributed by atoms with Crippen LogP contribution in [0.25, 0.3) is 0 Å². The van der Waals surface area contributed by atoms with Crippen molar-refractivity contribution in [3.63, 3.8) is 0 Å². The first kappa shape index (κ1) is 21.4. The Bertz CT molecular complexity index is 1350. The molecule has 0 atom stereocenters. The van der Waals surface area contributed by atoms with E-state index < -0.39 is 0 Å². The SMILES string of the molecule is COC1=C(C(C)=C2Nc3ccccc3C2(C)C)C(=O)C1=CC1=[N+](C)c2ccccc2C1(C)C. The van der Waals surface area contributed by atoms with Crippen LogP contribution in [0.1, 0.15) is 45.7 Å². The molecule has 0 bridgehead atoms. The number of carbonyl (C=O) groups is 1. The average Bonchev–Trinajstić information content (AvgIpc) is 3.17. The molecular weight excluding hydrogens is 408 g/mol. The van der Waals surface area contributed by atoms with E-state index in [9.17, 15) is 4.79 Å². The maximum atomic E-state index is 13.5. The molecule has 4 heteroatoms. The van der Waals surface area contributed by atoms with Gasteiger partial charge in [-0.05, 0) is 38.0 Å². The summed E-state index contributed by atoms with van der Waals surface area (Å²) in [7, 11) is 3.72. The third-order valence-electron chi connectivity index (χ3n) is 7.60. The van der Waals surface area contributed by atoms with E-state index in [0.717, 1.165) is 22.7 Å². The van der Waals surface area contributed by atoms with Gasteiger partial charge in [0.05, 0.1) is 23.7 Å². The summed E-state index contributed by atoms with van der Waals surface area (Å²) >= 11 is 0. The Balaban J connectivity index is 1.60. The molecule has 2 aromatic carbocycles. The summed E-state index contributed by atoms with van der Waals surface area (Å²) in [6.45, 7) is 10.8. The zero-order valence-corrected chi connectivity index (χ0v) is 20.5. The van der Waals surface area contributed by atoms with Gasteiger partial charge >= 0.3 is 0 Å². The summed E-state index contributed by atoms with van der Waals surface area (Å²) in [5, 5.41) is 3.56. The quantitative estimate of drug-likeness (QED) is 0.487. The van der Waals surface area contributed by atoms with E-state index in [4.69, 9.17) is 4.74 Å². The maximum absolute atomic E-state index is 13.5. The largest absolute Gasteiger partial charge is 0.495 e. The average molecular weight is 440 g/mol. The molecular formula is C29H31N2O2+. The lowest BCUT2D eigenvalue weighted by molar-refractivity contribution is -0.401. The van der Waals surface area contributed by atoms with Crippen LogP contribution in [0.5, 0.6) is 0 Å². The van der Waals surface area contributed by atoms with Gasteiger partial charge in [0.15, 0.2) is 5.71 Å². The van der Waals surface area contributed by atoms with Crippen molar-refractivity contribution in [3.8, 4) is 0 Å². The van der Waals surface area contributed by atoms with Crippen LogP contribution in [-0.2, 0) is 20.4 Å². The van der Waals surface area contributed by atoms with Crippen LogP contribution in [0.2, 0.25) is 0 Å². The zero-order chi connectivity index (χ0) is 23.7. The molecule has 0 fully saturated rings. The van der Waals surface area contributed by atoms with Crippen molar-refractivity contribution in [1.82, 2.24) is 0 Å². The Labute approximate surface area is 196 Å². The minimum Gasteiger partial charge on any atom is -0.495 e. The van der Waals surface area contributed by atoms with E-state index in [1.165, 1.54) is 16.8 Å². The fourth-order valence-electron chi connectivity index (χ4n) is 5.74. The second-order valence-corrected chi connectivity index (χ2v) is 10.2. The predicted molar refractivity (Wildman–Crippen MR) is 133 cm³/mol. The lowest BCUT2D eigenvalue weighted by atomic mass is 9.75. The molecule has 0 radical (unpaired) electrons. The number of benzene rings is 2. The molecule has 2 aliphatic heterocycles. The third kappa shape index (κ3) is 2.83. The van der Waals surface area contributed by atoms with Gasteiger partial charge < -0.3 is 10.1 Å². The second-order valence-electron chi connectivity index (χ2n) is 10.2. The van der Waals surface area contributed by atoms with Crippen LogP contribution in [-0.4, -0.2) is 30.2 Å². The first-order chi connectivity index (χ1) is 15.6. The molecule has 4 nitrogen and oxygen atoms in total. The molecule has 168 valence electrons. The van der Waals surface area contributed by atoms with Gasteiger partial charge in [-0.2, -0.15) is 4.58 Å². The van der Waals surface area contributed by atoms with Gasteiger partial charge in [-0.15, -0.1) is 0 Å². The summed E-state index contributed by atoms with van der Waals surface area (Å²) in [6.07, 6.45) is 2.02. The number of ketones is 1. The van der Waals surface area contributed by atoms with Crippen molar-refractivity contribution in [2.45, 2.75) is 45.4 Å². The van der Waals surface area contributed by atoms with Crippen molar-refractivity contribution < 1.29 is 14.1 Å². The number of hydrogen-bond acceptors (Lipinski definition) is 3. The molecule has 0 unspecified atom stereocenters. The summed E-state index contributed by atoms with van der Waals surface area (Å²) in [5.74, 6) is 0.712. The molecule has 5 rings (SSSR count). The number of fused-ring (bicyclic) bond motifs is 2. The number of nitrogens with one attached hydrogen (secondary N) is 1. The highest BCUT2D eigenvalue weighted by Gasteiger charge is 2.46. The number of anilines is 1. The van der Waals surface area contributed by atoms with Crippen molar-refractivity contribution in [1.29, 1.82) is 0 Å². The number of rotatable bonds is 3. The first-order valence-corrected chi connectivity index (χ1v) is 11.4. The van der Waals surface area contributed by atoms with Crippen molar-refractivity contribution in [2.24, 2.45) is 0 Å². The standard InChI is InChI=1S/C29H30N2O2/c1-17(27-29(4,5)19-12-8-10-14-21(19)30-27)24-25(32)18(26(24)33-7)16-23-28(2,3)20-13-9-11-15-22(20)31(23)6/h8-16H,1-7H3/p+1. The Kier molecular flexibility index (Phi) is 4.58. The van der Waals surface area contributed by atoms with E-state index in [1.807, 2.05) is 19.1 Å². The van der Waals surface area contributed by atoms with E-state index >= 15 is 0 Å². The van der Waals surface area contributed by atoms with E-state index in [2.05, 4.69) is 87.1 Å². The Morgan fingerprint density at radius 2 is 1.61 bits per heavy atom. The molecule has 0 saturated heterocycles. The van der Waals surface area contributed by atoms with Gasteiger partial charge in [0.25, 0.3) is 0 Å². The maximum Gasteiger partial charge on any atom is 0.209 e. The van der Waals surface area contributed by atoms with Crippen LogP contribution < -0.4 is 5.32 Å². The Hall–Kier alpha value is -3.40. The second kappa shape index (κ2) is 7.05. The molecule has 2 heterocycles. The number of carbonyl (C=O) groups excluding carboxylic acids is 1. The number of methoxy groups -OCH3 is 1. The van der Waals surface area contributed by atoms with Crippen LogP contribution in [0, 0.1) is 0 Å². The van der Waals surface area contributed by atoms with E-state index in [0.29, 0.717) is 16.9 Å². The molecule has 1 aliphatic carbocycles. The van der Waals surface area contributed by atoms with Gasteiger partial charge in [0, 0.05) is 34.5 Å². The van der Waals surface area contributed by atoms with Gasteiger partial charge in [-0.25, -0.2) is 0 Å². The summed E-state index contributed by atoms with van der Waals surface area (Å²) in [5.41, 5.74) is 8.78. The lowest BCUT2D eigenvalue weighted by Crippen LogP contribution is -2.32.